The number of nitrogens with zero attached hydrogens (tertiary/aromatic N) is 4. The predicted molar refractivity (Wildman–Crippen MR) is 98.7 cm³/mol. The molecule has 0 saturated carbocycles. The molecule has 7 nitrogen and oxygen atoms in total. The molecule has 4 aromatic rings. The van der Waals surface area contributed by atoms with E-state index in [2.05, 4.69) is 25.7 Å². The Balaban J connectivity index is 1.71. The molecular weight excluding hydrogens is 347 g/mol. The smallest absolute Gasteiger partial charge is 0.242 e. The van der Waals surface area contributed by atoms with Crippen LogP contribution < -0.4 is 10.6 Å². The van der Waals surface area contributed by atoms with Crippen LogP contribution in [0.5, 0.6) is 0 Å². The second-order valence-corrected chi connectivity index (χ2v) is 6.41. The zero-order valence-corrected chi connectivity index (χ0v) is 14.2. The summed E-state index contributed by atoms with van der Waals surface area (Å²) in [6.45, 7) is 0.624. The lowest BCUT2D eigenvalue weighted by Gasteiger charge is -2.12. The van der Waals surface area contributed by atoms with Gasteiger partial charge in [0.15, 0.2) is 11.5 Å². The molecule has 2 aromatic carbocycles. The molecule has 1 aliphatic heterocycles. The summed E-state index contributed by atoms with van der Waals surface area (Å²) in [5.74, 6) is 0.409. The highest BCUT2D eigenvalue weighted by Crippen LogP contribution is 2.25. The molecule has 1 fully saturated rings. The molecule has 134 valence electrons. The van der Waals surface area contributed by atoms with Crippen molar-refractivity contribution in [2.45, 2.75) is 12.5 Å². The Labute approximate surface area is 153 Å². The van der Waals surface area contributed by atoms with Crippen molar-refractivity contribution < 1.29 is 9.18 Å². The van der Waals surface area contributed by atoms with Crippen LogP contribution in [0.25, 0.3) is 27.9 Å². The topological polar surface area (TPSA) is 84.2 Å². The zero-order valence-electron chi connectivity index (χ0n) is 14.2. The van der Waals surface area contributed by atoms with E-state index in [4.69, 9.17) is 0 Å². The summed E-state index contributed by atoms with van der Waals surface area (Å²) < 4.78 is 15.2. The standard InChI is InChI=1S/C19H15FN6O/c20-12-5-3-4-11(10-12)16-24-17-13-6-1-2-7-14(13)22-19(26(17)25-16)23-15-8-9-21-18(15)27/h1-7,10,15H,8-9H2,(H,21,27)(H,22,23). The zero-order chi connectivity index (χ0) is 18.4. The van der Waals surface area contributed by atoms with Gasteiger partial charge in [0.2, 0.25) is 11.9 Å². The van der Waals surface area contributed by atoms with Crippen LogP contribution in [0, 0.1) is 5.82 Å². The second kappa shape index (κ2) is 6.01. The van der Waals surface area contributed by atoms with Crippen molar-refractivity contribution in [3.05, 3.63) is 54.3 Å². The van der Waals surface area contributed by atoms with Crippen LogP contribution in [0.3, 0.4) is 0 Å². The van der Waals surface area contributed by atoms with Gasteiger partial charge in [-0.1, -0.05) is 24.3 Å². The first-order valence-corrected chi connectivity index (χ1v) is 8.65. The average molecular weight is 362 g/mol. The van der Waals surface area contributed by atoms with Crippen molar-refractivity contribution in [2.75, 3.05) is 11.9 Å². The van der Waals surface area contributed by atoms with E-state index in [0.717, 1.165) is 10.9 Å². The van der Waals surface area contributed by atoms with E-state index in [1.807, 2.05) is 24.3 Å². The summed E-state index contributed by atoms with van der Waals surface area (Å²) in [5, 5.41) is 11.3. The summed E-state index contributed by atoms with van der Waals surface area (Å²) in [7, 11) is 0. The molecule has 1 atom stereocenters. The van der Waals surface area contributed by atoms with E-state index in [1.165, 1.54) is 12.1 Å². The number of rotatable bonds is 3. The molecule has 8 heteroatoms. The number of hydrogen-bond acceptors (Lipinski definition) is 5. The maximum Gasteiger partial charge on any atom is 0.242 e. The predicted octanol–water partition coefficient (Wildman–Crippen LogP) is 2.38. The molecule has 0 radical (unpaired) electrons. The van der Waals surface area contributed by atoms with Crippen LogP contribution in [0.1, 0.15) is 6.42 Å². The van der Waals surface area contributed by atoms with Gasteiger partial charge in [-0.25, -0.2) is 14.4 Å². The number of fused-ring (bicyclic) bond motifs is 3. The number of carbonyl (C=O) groups is 1. The van der Waals surface area contributed by atoms with Gasteiger partial charge in [-0.2, -0.15) is 4.52 Å². The summed E-state index contributed by atoms with van der Waals surface area (Å²) in [5.41, 5.74) is 1.91. The Bertz CT molecular complexity index is 1190. The fraction of sp³-hybridized carbons (Fsp3) is 0.158. The second-order valence-electron chi connectivity index (χ2n) is 6.41. The number of benzene rings is 2. The van der Waals surface area contributed by atoms with Crippen LogP contribution >= 0.6 is 0 Å². The summed E-state index contributed by atoms with van der Waals surface area (Å²) >= 11 is 0. The molecular formula is C19H15FN6O. The van der Waals surface area contributed by atoms with Gasteiger partial charge in [0.1, 0.15) is 11.9 Å². The minimum Gasteiger partial charge on any atom is -0.354 e. The number of para-hydroxylation sites is 1. The highest BCUT2D eigenvalue weighted by atomic mass is 19.1. The van der Waals surface area contributed by atoms with E-state index in [1.54, 1.807) is 16.6 Å². The number of hydrogen-bond donors (Lipinski definition) is 2. The molecule has 0 bridgehead atoms. The van der Waals surface area contributed by atoms with Crippen molar-refractivity contribution in [2.24, 2.45) is 0 Å². The van der Waals surface area contributed by atoms with Gasteiger partial charge in [0.25, 0.3) is 0 Å². The normalized spacial score (nSPS) is 16.8. The van der Waals surface area contributed by atoms with Gasteiger partial charge in [-0.3, -0.25) is 4.79 Å². The molecule has 0 aliphatic carbocycles. The average Bonchev–Trinajstić information content (AvgIpc) is 3.29. The Morgan fingerprint density at radius 1 is 1.15 bits per heavy atom. The van der Waals surface area contributed by atoms with E-state index in [-0.39, 0.29) is 17.8 Å². The molecule has 1 unspecified atom stereocenters. The highest BCUT2D eigenvalue weighted by Gasteiger charge is 2.26. The third-order valence-electron chi connectivity index (χ3n) is 4.61. The molecule has 1 amide bonds. The van der Waals surface area contributed by atoms with E-state index in [9.17, 15) is 9.18 Å². The molecule has 2 aromatic heterocycles. The highest BCUT2D eigenvalue weighted by molar-refractivity contribution is 5.93. The number of anilines is 1. The Morgan fingerprint density at radius 3 is 2.85 bits per heavy atom. The van der Waals surface area contributed by atoms with Gasteiger partial charge in [0.05, 0.1) is 5.52 Å². The van der Waals surface area contributed by atoms with Crippen LogP contribution in [-0.4, -0.2) is 38.1 Å². The fourth-order valence-corrected chi connectivity index (χ4v) is 3.29. The largest absolute Gasteiger partial charge is 0.354 e. The maximum absolute atomic E-state index is 13.6. The molecule has 5 rings (SSSR count). The summed E-state index contributed by atoms with van der Waals surface area (Å²) in [6, 6.07) is 13.4. The van der Waals surface area contributed by atoms with Crippen molar-refractivity contribution in [3.8, 4) is 11.4 Å². The van der Waals surface area contributed by atoms with Crippen molar-refractivity contribution in [3.63, 3.8) is 0 Å². The monoisotopic (exact) mass is 362 g/mol. The van der Waals surface area contributed by atoms with Gasteiger partial charge in [-0.05, 0) is 30.7 Å². The SMILES string of the molecule is O=C1NCCC1Nc1nc2ccccc2c2nc(-c3cccc(F)c3)nn12. The van der Waals surface area contributed by atoms with E-state index < -0.39 is 0 Å². The summed E-state index contributed by atoms with van der Waals surface area (Å²) in [6.07, 6.45) is 0.667. The first-order chi connectivity index (χ1) is 13.2. The van der Waals surface area contributed by atoms with Gasteiger partial charge >= 0.3 is 0 Å². The number of halogens is 1. The molecule has 1 aliphatic rings. The van der Waals surface area contributed by atoms with Crippen LogP contribution in [0.15, 0.2) is 48.5 Å². The summed E-state index contributed by atoms with van der Waals surface area (Å²) in [4.78, 5) is 21.2. The van der Waals surface area contributed by atoms with Crippen LogP contribution in [-0.2, 0) is 4.79 Å². The quantitative estimate of drug-likeness (QED) is 0.585. The Morgan fingerprint density at radius 2 is 2.04 bits per heavy atom. The first kappa shape index (κ1) is 15.7. The lowest BCUT2D eigenvalue weighted by Crippen LogP contribution is -2.30. The van der Waals surface area contributed by atoms with E-state index in [0.29, 0.717) is 35.9 Å². The minimum absolute atomic E-state index is 0.0661. The van der Waals surface area contributed by atoms with Crippen molar-refractivity contribution in [1.29, 1.82) is 0 Å². The van der Waals surface area contributed by atoms with Crippen LogP contribution in [0.4, 0.5) is 10.3 Å². The van der Waals surface area contributed by atoms with E-state index >= 15 is 0 Å². The van der Waals surface area contributed by atoms with Gasteiger partial charge in [-0.15, -0.1) is 5.10 Å². The first-order valence-electron chi connectivity index (χ1n) is 8.65. The number of aromatic nitrogens is 4. The maximum atomic E-state index is 13.6. The Kier molecular flexibility index (Phi) is 3.49. The fourth-order valence-electron chi connectivity index (χ4n) is 3.29. The van der Waals surface area contributed by atoms with Crippen LogP contribution in [0.2, 0.25) is 0 Å². The Hall–Kier alpha value is -3.55. The van der Waals surface area contributed by atoms with Crippen molar-refractivity contribution >= 4 is 28.4 Å². The number of nitrogens with one attached hydrogen (secondary N) is 2. The van der Waals surface area contributed by atoms with Gasteiger partial charge in [0, 0.05) is 17.5 Å². The van der Waals surface area contributed by atoms with Crippen molar-refractivity contribution in [1.82, 2.24) is 24.9 Å². The lowest BCUT2D eigenvalue weighted by molar-refractivity contribution is -0.119. The number of amides is 1. The molecule has 0 spiro atoms. The molecule has 3 heterocycles. The third-order valence-corrected chi connectivity index (χ3v) is 4.61. The lowest BCUT2D eigenvalue weighted by atomic mass is 10.2. The third kappa shape index (κ3) is 2.66. The van der Waals surface area contributed by atoms with Gasteiger partial charge < -0.3 is 10.6 Å². The molecule has 27 heavy (non-hydrogen) atoms. The molecule has 1 saturated heterocycles. The molecule has 2 N–H and O–H groups in total. The number of carbonyl (C=O) groups excluding carboxylic acids is 1. The minimum atomic E-state index is -0.372.